The van der Waals surface area contributed by atoms with E-state index in [1.165, 1.54) is 49.9 Å². The van der Waals surface area contributed by atoms with E-state index in [9.17, 15) is 4.79 Å². The molecule has 3 aliphatic rings. The Kier molecular flexibility index (Phi) is 7.32. The van der Waals surface area contributed by atoms with Crippen LogP contribution in [-0.2, 0) is 11.3 Å². The molecule has 4 rings (SSSR count). The van der Waals surface area contributed by atoms with Gasteiger partial charge in [0.2, 0.25) is 5.91 Å². The molecule has 2 saturated heterocycles. The number of carbonyl (C=O) groups is 1. The number of amides is 1. The Hall–Kier alpha value is -1.59. The summed E-state index contributed by atoms with van der Waals surface area (Å²) < 4.78 is 5.41. The molecule has 1 aromatic carbocycles. The normalized spacial score (nSPS) is 23.3. The molecule has 1 unspecified atom stereocenters. The Morgan fingerprint density at radius 3 is 2.50 bits per heavy atom. The number of piperidine rings is 1. The first-order valence-electron chi connectivity index (χ1n) is 12.0. The molecule has 0 N–H and O–H groups in total. The van der Waals surface area contributed by atoms with Crippen LogP contribution in [-0.4, -0.2) is 73.0 Å². The van der Waals surface area contributed by atoms with Crippen molar-refractivity contribution in [3.8, 4) is 5.75 Å². The zero-order valence-corrected chi connectivity index (χ0v) is 18.9. The predicted octanol–water partition coefficient (Wildman–Crippen LogP) is 3.69. The second kappa shape index (κ2) is 10.1. The van der Waals surface area contributed by atoms with Crippen molar-refractivity contribution in [2.24, 2.45) is 5.92 Å². The molecule has 1 aromatic rings. The SMILES string of the molecule is COc1ccc(CN2CCCC(N(CCN3CCCC3)C(=O)C3CCC3)C2)cc1C. The lowest BCUT2D eigenvalue weighted by molar-refractivity contribution is -0.142. The highest BCUT2D eigenvalue weighted by molar-refractivity contribution is 5.80. The molecule has 3 fully saturated rings. The minimum atomic E-state index is 0.295. The Morgan fingerprint density at radius 2 is 1.83 bits per heavy atom. The fraction of sp³-hybridized carbons (Fsp3) is 0.720. The van der Waals surface area contributed by atoms with Crippen molar-refractivity contribution in [3.63, 3.8) is 0 Å². The van der Waals surface area contributed by atoms with Gasteiger partial charge in [0.15, 0.2) is 0 Å². The third-order valence-electron chi connectivity index (χ3n) is 7.38. The number of ether oxygens (including phenoxy) is 1. The fourth-order valence-electron chi connectivity index (χ4n) is 5.34. The number of likely N-dealkylation sites (tertiary alicyclic amines) is 2. The van der Waals surface area contributed by atoms with E-state index >= 15 is 0 Å². The third kappa shape index (κ3) is 5.17. The van der Waals surface area contributed by atoms with Gasteiger partial charge in [-0.25, -0.2) is 0 Å². The molecule has 1 atom stereocenters. The van der Waals surface area contributed by atoms with Crippen LogP contribution in [0.5, 0.6) is 5.75 Å². The van der Waals surface area contributed by atoms with Gasteiger partial charge in [0, 0.05) is 38.1 Å². The van der Waals surface area contributed by atoms with Crippen molar-refractivity contribution >= 4 is 5.91 Å². The number of benzene rings is 1. The van der Waals surface area contributed by atoms with Gasteiger partial charge >= 0.3 is 0 Å². The maximum atomic E-state index is 13.3. The molecule has 2 aliphatic heterocycles. The highest BCUT2D eigenvalue weighted by Gasteiger charge is 2.35. The van der Waals surface area contributed by atoms with Crippen LogP contribution >= 0.6 is 0 Å². The van der Waals surface area contributed by atoms with Crippen molar-refractivity contribution in [2.45, 2.75) is 64.5 Å². The van der Waals surface area contributed by atoms with E-state index in [4.69, 9.17) is 4.74 Å². The van der Waals surface area contributed by atoms with Crippen LogP contribution in [0.15, 0.2) is 18.2 Å². The molecule has 1 amide bonds. The largest absolute Gasteiger partial charge is 0.496 e. The summed E-state index contributed by atoms with van der Waals surface area (Å²) in [5, 5.41) is 0. The molecule has 0 radical (unpaired) electrons. The summed E-state index contributed by atoms with van der Waals surface area (Å²) in [7, 11) is 1.73. The van der Waals surface area contributed by atoms with Crippen molar-refractivity contribution in [1.82, 2.24) is 14.7 Å². The number of aryl methyl sites for hydroxylation is 1. The molecule has 166 valence electrons. The zero-order chi connectivity index (χ0) is 20.9. The van der Waals surface area contributed by atoms with Crippen molar-refractivity contribution < 1.29 is 9.53 Å². The van der Waals surface area contributed by atoms with E-state index in [0.717, 1.165) is 57.7 Å². The second-order valence-electron chi connectivity index (χ2n) is 9.54. The number of nitrogens with zero attached hydrogens (tertiary/aromatic N) is 3. The number of carbonyl (C=O) groups excluding carboxylic acids is 1. The van der Waals surface area contributed by atoms with Crippen LogP contribution in [0, 0.1) is 12.8 Å². The van der Waals surface area contributed by atoms with Gasteiger partial charge in [-0.05, 0) is 82.3 Å². The lowest BCUT2D eigenvalue weighted by Crippen LogP contribution is -2.54. The number of hydrogen-bond donors (Lipinski definition) is 0. The summed E-state index contributed by atoms with van der Waals surface area (Å²) in [6.45, 7) is 9.57. The maximum Gasteiger partial charge on any atom is 0.226 e. The monoisotopic (exact) mass is 413 g/mol. The topological polar surface area (TPSA) is 36.0 Å². The van der Waals surface area contributed by atoms with E-state index in [1.54, 1.807) is 7.11 Å². The summed E-state index contributed by atoms with van der Waals surface area (Å²) in [4.78, 5) is 20.7. The van der Waals surface area contributed by atoms with E-state index < -0.39 is 0 Å². The molecule has 0 bridgehead atoms. The quantitative estimate of drug-likeness (QED) is 0.651. The van der Waals surface area contributed by atoms with Gasteiger partial charge in [-0.3, -0.25) is 9.69 Å². The fourth-order valence-corrected chi connectivity index (χ4v) is 5.34. The highest BCUT2D eigenvalue weighted by atomic mass is 16.5. The number of hydrogen-bond acceptors (Lipinski definition) is 4. The van der Waals surface area contributed by atoms with Gasteiger partial charge < -0.3 is 14.5 Å². The van der Waals surface area contributed by atoms with Crippen LogP contribution < -0.4 is 4.74 Å². The van der Waals surface area contributed by atoms with Gasteiger partial charge in [0.1, 0.15) is 5.75 Å². The van der Waals surface area contributed by atoms with Crippen molar-refractivity contribution in [1.29, 1.82) is 0 Å². The van der Waals surface area contributed by atoms with Crippen LogP contribution in [0.25, 0.3) is 0 Å². The molecule has 0 aromatic heterocycles. The first-order valence-corrected chi connectivity index (χ1v) is 12.0. The van der Waals surface area contributed by atoms with E-state index in [2.05, 4.69) is 39.8 Å². The highest BCUT2D eigenvalue weighted by Crippen LogP contribution is 2.30. The molecule has 1 aliphatic carbocycles. The minimum absolute atomic E-state index is 0.295. The standard InChI is InChI=1S/C25H39N3O2/c1-20-17-21(10-11-24(20)30-2)18-27-14-6-9-23(19-27)28(25(29)22-7-5-8-22)16-15-26-12-3-4-13-26/h10-11,17,22-23H,3-9,12-16,18-19H2,1-2H3. The van der Waals surface area contributed by atoms with E-state index in [-0.39, 0.29) is 0 Å². The summed E-state index contributed by atoms with van der Waals surface area (Å²) in [5.41, 5.74) is 2.53. The molecule has 30 heavy (non-hydrogen) atoms. The van der Waals surface area contributed by atoms with Crippen LogP contribution in [0.4, 0.5) is 0 Å². The Morgan fingerprint density at radius 1 is 1.07 bits per heavy atom. The van der Waals surface area contributed by atoms with Crippen molar-refractivity contribution in [2.75, 3.05) is 46.4 Å². The number of rotatable bonds is 8. The van der Waals surface area contributed by atoms with E-state index in [1.807, 2.05) is 0 Å². The smallest absolute Gasteiger partial charge is 0.226 e. The van der Waals surface area contributed by atoms with Crippen LogP contribution in [0.1, 0.15) is 56.1 Å². The first-order chi connectivity index (χ1) is 14.6. The minimum Gasteiger partial charge on any atom is -0.496 e. The summed E-state index contributed by atoms with van der Waals surface area (Å²) in [5.74, 6) is 1.69. The summed E-state index contributed by atoms with van der Waals surface area (Å²) >= 11 is 0. The lowest BCUT2D eigenvalue weighted by atomic mass is 9.83. The van der Waals surface area contributed by atoms with Crippen molar-refractivity contribution in [3.05, 3.63) is 29.3 Å². The molecule has 5 nitrogen and oxygen atoms in total. The second-order valence-corrected chi connectivity index (χ2v) is 9.54. The molecule has 5 heteroatoms. The predicted molar refractivity (Wildman–Crippen MR) is 121 cm³/mol. The Bertz CT molecular complexity index is 712. The third-order valence-corrected chi connectivity index (χ3v) is 7.38. The zero-order valence-electron chi connectivity index (χ0n) is 18.9. The van der Waals surface area contributed by atoms with Crippen LogP contribution in [0.3, 0.4) is 0 Å². The first kappa shape index (κ1) is 21.6. The molecule has 1 saturated carbocycles. The van der Waals surface area contributed by atoms with Gasteiger partial charge in [-0.15, -0.1) is 0 Å². The Labute approximate surface area is 182 Å². The molecular weight excluding hydrogens is 374 g/mol. The van der Waals surface area contributed by atoms with Gasteiger partial charge in [-0.2, -0.15) is 0 Å². The molecule has 0 spiro atoms. The Balaban J connectivity index is 1.39. The van der Waals surface area contributed by atoms with E-state index in [0.29, 0.717) is 17.9 Å². The number of methoxy groups -OCH3 is 1. The van der Waals surface area contributed by atoms with Gasteiger partial charge in [-0.1, -0.05) is 18.6 Å². The average molecular weight is 414 g/mol. The van der Waals surface area contributed by atoms with Gasteiger partial charge in [0.05, 0.1) is 7.11 Å². The molecular formula is C25H39N3O2. The average Bonchev–Trinajstić information content (AvgIpc) is 3.21. The summed E-state index contributed by atoms with van der Waals surface area (Å²) in [6.07, 6.45) is 8.38. The maximum absolute atomic E-state index is 13.3. The molecule has 2 heterocycles. The summed E-state index contributed by atoms with van der Waals surface area (Å²) in [6, 6.07) is 6.87. The lowest BCUT2D eigenvalue weighted by Gasteiger charge is -2.42. The van der Waals surface area contributed by atoms with Gasteiger partial charge in [0.25, 0.3) is 0 Å². The van der Waals surface area contributed by atoms with Crippen LogP contribution in [0.2, 0.25) is 0 Å².